The van der Waals surface area contributed by atoms with Gasteiger partial charge in [-0.15, -0.1) is 24.0 Å². The Labute approximate surface area is 202 Å². The molecule has 2 heterocycles. The van der Waals surface area contributed by atoms with Gasteiger partial charge in [0.05, 0.1) is 25.9 Å². The number of halogens is 1. The van der Waals surface area contributed by atoms with Crippen LogP contribution in [0.4, 0.5) is 0 Å². The number of guanidine groups is 1. The van der Waals surface area contributed by atoms with E-state index >= 15 is 0 Å². The number of aromatic amines is 1. The molecule has 32 heavy (non-hydrogen) atoms. The third kappa shape index (κ3) is 5.84. The second-order valence-electron chi connectivity index (χ2n) is 6.62. The van der Waals surface area contributed by atoms with Gasteiger partial charge in [0.1, 0.15) is 17.8 Å². The van der Waals surface area contributed by atoms with Crippen LogP contribution in [-0.2, 0) is 13.1 Å². The van der Waals surface area contributed by atoms with Crippen LogP contribution in [0, 0.1) is 0 Å². The predicted molar refractivity (Wildman–Crippen MR) is 133 cm³/mol. The van der Waals surface area contributed by atoms with Crippen LogP contribution in [0.2, 0.25) is 0 Å². The number of hydrogen-bond acceptors (Lipinski definition) is 6. The number of ether oxygens (including phenoxy) is 1. The van der Waals surface area contributed by atoms with E-state index in [1.54, 1.807) is 20.4 Å². The number of methoxy groups -OCH3 is 1. The number of H-pyrrole nitrogens is 1. The fourth-order valence-corrected chi connectivity index (χ4v) is 2.91. The fourth-order valence-electron chi connectivity index (χ4n) is 2.91. The molecule has 2 aromatic heterocycles. The van der Waals surface area contributed by atoms with Gasteiger partial charge in [0.2, 0.25) is 5.89 Å². The van der Waals surface area contributed by atoms with Gasteiger partial charge < -0.3 is 19.8 Å². The molecule has 0 fully saturated rings. The lowest BCUT2D eigenvalue weighted by molar-refractivity contribution is 0.415. The molecule has 4 rings (SSSR count). The van der Waals surface area contributed by atoms with Crippen LogP contribution in [0.1, 0.15) is 11.5 Å². The average Bonchev–Trinajstić information content (AvgIpc) is 3.50. The summed E-state index contributed by atoms with van der Waals surface area (Å²) in [6, 6.07) is 17.4. The standard InChI is InChI=1S/C22H23N7O2.HI/c1-23-22(24-12-17-14-31-21(26-17)16-6-4-3-5-7-16)25-13-19-27-20(29-28-19)15-8-10-18(30-2)11-9-15;/h3-11,14H,12-13H2,1-2H3,(H2,23,24,25)(H,27,28,29);1H. The van der Waals surface area contributed by atoms with E-state index in [0.29, 0.717) is 36.6 Å². The highest BCUT2D eigenvalue weighted by Gasteiger charge is 2.09. The largest absolute Gasteiger partial charge is 0.497 e. The van der Waals surface area contributed by atoms with Crippen molar-refractivity contribution in [1.82, 2.24) is 30.8 Å². The van der Waals surface area contributed by atoms with Crippen LogP contribution in [0.5, 0.6) is 5.75 Å². The van der Waals surface area contributed by atoms with Gasteiger partial charge in [-0.3, -0.25) is 10.1 Å². The highest BCUT2D eigenvalue weighted by atomic mass is 127. The van der Waals surface area contributed by atoms with E-state index in [4.69, 9.17) is 9.15 Å². The molecule has 0 atom stereocenters. The topological polar surface area (TPSA) is 113 Å². The van der Waals surface area contributed by atoms with Crippen molar-refractivity contribution in [2.45, 2.75) is 13.1 Å². The van der Waals surface area contributed by atoms with Crippen LogP contribution in [-0.4, -0.2) is 40.3 Å². The van der Waals surface area contributed by atoms with Crippen LogP contribution >= 0.6 is 24.0 Å². The summed E-state index contributed by atoms with van der Waals surface area (Å²) in [6.45, 7) is 0.917. The molecule has 0 saturated heterocycles. The second kappa shape index (κ2) is 11.3. The van der Waals surface area contributed by atoms with Crippen molar-refractivity contribution in [3.8, 4) is 28.6 Å². The third-order valence-corrected chi connectivity index (χ3v) is 4.54. The van der Waals surface area contributed by atoms with Crippen LogP contribution < -0.4 is 15.4 Å². The van der Waals surface area contributed by atoms with Crippen molar-refractivity contribution in [1.29, 1.82) is 0 Å². The number of aromatic nitrogens is 4. The highest BCUT2D eigenvalue weighted by Crippen LogP contribution is 2.19. The monoisotopic (exact) mass is 545 g/mol. The molecule has 10 heteroatoms. The van der Waals surface area contributed by atoms with E-state index < -0.39 is 0 Å². The maximum absolute atomic E-state index is 5.56. The SMILES string of the molecule is CN=C(NCc1coc(-c2ccccc2)n1)NCc1nc(-c2ccc(OC)cc2)n[nH]1.I. The first kappa shape index (κ1) is 23.3. The van der Waals surface area contributed by atoms with Gasteiger partial charge in [-0.25, -0.2) is 9.97 Å². The zero-order valence-electron chi connectivity index (χ0n) is 17.7. The number of hydrogen-bond donors (Lipinski definition) is 3. The first-order chi connectivity index (χ1) is 15.2. The molecule has 0 aliphatic carbocycles. The van der Waals surface area contributed by atoms with Crippen molar-refractivity contribution < 1.29 is 9.15 Å². The first-order valence-corrected chi connectivity index (χ1v) is 9.75. The Hall–Kier alpha value is -3.41. The lowest BCUT2D eigenvalue weighted by Gasteiger charge is -2.09. The Kier molecular flexibility index (Phi) is 8.20. The summed E-state index contributed by atoms with van der Waals surface area (Å²) in [7, 11) is 3.34. The Morgan fingerprint density at radius 2 is 1.75 bits per heavy atom. The summed E-state index contributed by atoms with van der Waals surface area (Å²) in [5, 5.41) is 13.6. The lowest BCUT2D eigenvalue weighted by atomic mass is 10.2. The van der Waals surface area contributed by atoms with E-state index in [0.717, 1.165) is 22.6 Å². The molecular weight excluding hydrogens is 521 g/mol. The smallest absolute Gasteiger partial charge is 0.226 e. The van der Waals surface area contributed by atoms with Crippen LogP contribution in [0.25, 0.3) is 22.8 Å². The Morgan fingerprint density at radius 3 is 2.47 bits per heavy atom. The molecule has 0 unspecified atom stereocenters. The molecule has 3 N–H and O–H groups in total. The van der Waals surface area contributed by atoms with Crippen molar-refractivity contribution in [2.24, 2.45) is 4.99 Å². The number of oxazole rings is 1. The minimum absolute atomic E-state index is 0. The molecule has 0 spiro atoms. The maximum Gasteiger partial charge on any atom is 0.226 e. The number of aliphatic imine (C=N–C) groups is 1. The van der Waals surface area contributed by atoms with Gasteiger partial charge in [0.15, 0.2) is 11.8 Å². The minimum Gasteiger partial charge on any atom is -0.497 e. The van der Waals surface area contributed by atoms with E-state index in [-0.39, 0.29) is 24.0 Å². The summed E-state index contributed by atoms with van der Waals surface area (Å²) in [5.74, 6) is 3.32. The summed E-state index contributed by atoms with van der Waals surface area (Å²) in [5.41, 5.74) is 2.63. The molecular formula is C22H24IN7O2. The van der Waals surface area contributed by atoms with Gasteiger partial charge in [-0.1, -0.05) is 18.2 Å². The fraction of sp³-hybridized carbons (Fsp3) is 0.182. The molecule has 0 aliphatic rings. The Morgan fingerprint density at radius 1 is 1.00 bits per heavy atom. The van der Waals surface area contributed by atoms with Crippen LogP contribution in [0.3, 0.4) is 0 Å². The first-order valence-electron chi connectivity index (χ1n) is 9.75. The lowest BCUT2D eigenvalue weighted by Crippen LogP contribution is -2.36. The van der Waals surface area contributed by atoms with Gasteiger partial charge in [-0.05, 0) is 36.4 Å². The van der Waals surface area contributed by atoms with Crippen molar-refractivity contribution in [3.63, 3.8) is 0 Å². The zero-order valence-corrected chi connectivity index (χ0v) is 20.0. The zero-order chi connectivity index (χ0) is 21.5. The van der Waals surface area contributed by atoms with Crippen molar-refractivity contribution in [2.75, 3.05) is 14.2 Å². The molecule has 2 aromatic carbocycles. The summed E-state index contributed by atoms with van der Waals surface area (Å²) < 4.78 is 10.7. The maximum atomic E-state index is 5.56. The Balaban J connectivity index is 0.00000289. The van der Waals surface area contributed by atoms with Crippen molar-refractivity contribution >= 4 is 29.9 Å². The summed E-state index contributed by atoms with van der Waals surface area (Å²) in [4.78, 5) is 13.2. The summed E-state index contributed by atoms with van der Waals surface area (Å²) >= 11 is 0. The average molecular weight is 545 g/mol. The number of benzene rings is 2. The molecule has 9 nitrogen and oxygen atoms in total. The third-order valence-electron chi connectivity index (χ3n) is 4.54. The highest BCUT2D eigenvalue weighted by molar-refractivity contribution is 14.0. The van der Waals surface area contributed by atoms with Gasteiger partial charge in [0, 0.05) is 18.2 Å². The van der Waals surface area contributed by atoms with Gasteiger partial charge in [-0.2, -0.15) is 5.10 Å². The molecule has 0 bridgehead atoms. The molecule has 0 saturated carbocycles. The van der Waals surface area contributed by atoms with Crippen LogP contribution in [0.15, 0.2) is 70.3 Å². The molecule has 0 amide bonds. The molecule has 0 radical (unpaired) electrons. The molecule has 0 aliphatic heterocycles. The van der Waals surface area contributed by atoms with E-state index in [1.165, 1.54) is 0 Å². The van der Waals surface area contributed by atoms with E-state index in [2.05, 4.69) is 35.8 Å². The normalized spacial score (nSPS) is 11.0. The Bertz CT molecular complexity index is 1140. The second-order valence-corrected chi connectivity index (χ2v) is 6.62. The van der Waals surface area contributed by atoms with Gasteiger partial charge in [0.25, 0.3) is 0 Å². The summed E-state index contributed by atoms with van der Waals surface area (Å²) in [6.07, 6.45) is 1.64. The minimum atomic E-state index is 0. The number of rotatable bonds is 7. The van der Waals surface area contributed by atoms with Crippen molar-refractivity contribution in [3.05, 3.63) is 72.4 Å². The predicted octanol–water partition coefficient (Wildman–Crippen LogP) is 3.62. The van der Waals surface area contributed by atoms with E-state index in [9.17, 15) is 0 Å². The van der Waals surface area contributed by atoms with E-state index in [1.807, 2.05) is 54.6 Å². The molecule has 4 aromatic rings. The number of nitrogens with zero attached hydrogens (tertiary/aromatic N) is 4. The quantitative estimate of drug-likeness (QED) is 0.185. The molecule has 166 valence electrons. The number of nitrogens with one attached hydrogen (secondary N) is 3. The van der Waals surface area contributed by atoms with Gasteiger partial charge >= 0.3 is 0 Å².